The zero-order chi connectivity index (χ0) is 12.5. The number of nitrogens with one attached hydrogen (secondary N) is 2. The molecule has 1 saturated carbocycles. The molecule has 94 valence electrons. The first-order chi connectivity index (χ1) is 8.70. The second-order valence-electron chi connectivity index (χ2n) is 5.35. The van der Waals surface area contributed by atoms with Crippen LogP contribution in [0.15, 0.2) is 36.4 Å². The Hall–Kier alpha value is -1.35. The fraction of sp³-hybridized carbons (Fsp3) is 0.400. The Labute approximate surface area is 113 Å². The highest BCUT2D eigenvalue weighted by Gasteiger charge is 2.35. The van der Waals surface area contributed by atoms with Crippen LogP contribution in [-0.4, -0.2) is 11.2 Å². The summed E-state index contributed by atoms with van der Waals surface area (Å²) < 4.78 is 0. The molecule has 0 saturated heterocycles. The van der Waals surface area contributed by atoms with Crippen molar-refractivity contribution in [1.29, 1.82) is 0 Å². The molecule has 2 aliphatic carbocycles. The molecule has 2 N–H and O–H groups in total. The second kappa shape index (κ2) is 4.73. The van der Waals surface area contributed by atoms with E-state index >= 15 is 0 Å². The van der Waals surface area contributed by atoms with Crippen LogP contribution in [0.4, 0.5) is 5.69 Å². The summed E-state index contributed by atoms with van der Waals surface area (Å²) in [7, 11) is 0. The number of hydrogen-bond donors (Lipinski definition) is 2. The number of thiocarbonyl (C=S) groups is 1. The number of benzene rings is 1. The average Bonchev–Trinajstić information content (AvgIpc) is 2.90. The molecule has 1 aromatic rings. The first-order valence-electron chi connectivity index (χ1n) is 6.53. The summed E-state index contributed by atoms with van der Waals surface area (Å²) in [5.74, 6) is 1.45. The molecule has 0 radical (unpaired) electrons. The minimum Gasteiger partial charge on any atom is -0.359 e. The lowest BCUT2D eigenvalue weighted by Gasteiger charge is -2.22. The molecule has 2 bridgehead atoms. The summed E-state index contributed by atoms with van der Waals surface area (Å²) in [4.78, 5) is 0. The smallest absolute Gasteiger partial charge is 0.171 e. The largest absolute Gasteiger partial charge is 0.359 e. The molecular weight excluding hydrogens is 240 g/mol. The van der Waals surface area contributed by atoms with Crippen LogP contribution < -0.4 is 10.6 Å². The molecule has 2 aliphatic rings. The highest BCUT2D eigenvalue weighted by Crippen LogP contribution is 2.38. The maximum atomic E-state index is 5.39. The quantitative estimate of drug-likeness (QED) is 0.629. The van der Waals surface area contributed by atoms with E-state index in [1.165, 1.54) is 18.4 Å². The lowest BCUT2D eigenvalue weighted by molar-refractivity contribution is 0.526. The lowest BCUT2D eigenvalue weighted by Crippen LogP contribution is -2.40. The van der Waals surface area contributed by atoms with Gasteiger partial charge in [0.2, 0.25) is 0 Å². The Morgan fingerprint density at radius 3 is 2.83 bits per heavy atom. The molecule has 0 heterocycles. The molecule has 3 heteroatoms. The van der Waals surface area contributed by atoms with Gasteiger partial charge in [-0.05, 0) is 61.5 Å². The van der Waals surface area contributed by atoms with Crippen molar-refractivity contribution in [1.82, 2.24) is 5.32 Å². The zero-order valence-electron chi connectivity index (χ0n) is 10.5. The van der Waals surface area contributed by atoms with Gasteiger partial charge in [-0.15, -0.1) is 0 Å². The number of anilines is 1. The SMILES string of the molecule is Cc1cccc(NC(=S)N[C@H]2C[C@H]3C=C[C@H]2C3)c1. The summed E-state index contributed by atoms with van der Waals surface area (Å²) in [6, 6.07) is 8.80. The Kier molecular flexibility index (Phi) is 3.08. The van der Waals surface area contributed by atoms with Crippen molar-refractivity contribution in [3.05, 3.63) is 42.0 Å². The van der Waals surface area contributed by atoms with E-state index in [1.54, 1.807) is 0 Å². The highest BCUT2D eigenvalue weighted by atomic mass is 32.1. The van der Waals surface area contributed by atoms with Crippen molar-refractivity contribution in [2.75, 3.05) is 5.32 Å². The number of hydrogen-bond acceptors (Lipinski definition) is 1. The third kappa shape index (κ3) is 2.41. The Morgan fingerprint density at radius 1 is 1.28 bits per heavy atom. The third-order valence-electron chi connectivity index (χ3n) is 3.87. The summed E-state index contributed by atoms with van der Waals surface area (Å²) in [6.07, 6.45) is 7.20. The normalized spacial score (nSPS) is 28.4. The van der Waals surface area contributed by atoms with Gasteiger partial charge in [-0.3, -0.25) is 0 Å². The molecule has 0 amide bonds. The van der Waals surface area contributed by atoms with Crippen molar-refractivity contribution >= 4 is 23.0 Å². The summed E-state index contributed by atoms with van der Waals surface area (Å²) in [5, 5.41) is 7.45. The van der Waals surface area contributed by atoms with Crippen molar-refractivity contribution in [3.8, 4) is 0 Å². The van der Waals surface area contributed by atoms with Gasteiger partial charge in [0.1, 0.15) is 0 Å². The number of fused-ring (bicyclic) bond motifs is 2. The fourth-order valence-corrected chi connectivity index (χ4v) is 3.27. The highest BCUT2D eigenvalue weighted by molar-refractivity contribution is 7.80. The summed E-state index contributed by atoms with van der Waals surface area (Å²) >= 11 is 5.39. The van der Waals surface area contributed by atoms with Gasteiger partial charge in [0.15, 0.2) is 5.11 Å². The van der Waals surface area contributed by atoms with Crippen LogP contribution in [0.5, 0.6) is 0 Å². The van der Waals surface area contributed by atoms with Gasteiger partial charge in [-0.1, -0.05) is 24.3 Å². The van der Waals surface area contributed by atoms with Gasteiger partial charge in [-0.25, -0.2) is 0 Å². The standard InChI is InChI=1S/C15H18N2S/c1-10-3-2-4-13(7-10)16-15(18)17-14-9-11-5-6-12(14)8-11/h2-7,11-12,14H,8-9H2,1H3,(H2,16,17,18)/t11-,12-,14-/m0/s1. The predicted molar refractivity (Wildman–Crippen MR) is 79.7 cm³/mol. The Balaban J connectivity index is 1.58. The van der Waals surface area contributed by atoms with E-state index in [4.69, 9.17) is 12.2 Å². The van der Waals surface area contributed by atoms with Crippen LogP contribution in [0.3, 0.4) is 0 Å². The minimum absolute atomic E-state index is 0.518. The van der Waals surface area contributed by atoms with Gasteiger partial charge in [0.05, 0.1) is 0 Å². The van der Waals surface area contributed by atoms with E-state index in [9.17, 15) is 0 Å². The van der Waals surface area contributed by atoms with E-state index in [0.717, 1.165) is 16.7 Å². The van der Waals surface area contributed by atoms with Gasteiger partial charge in [0.25, 0.3) is 0 Å². The Morgan fingerprint density at radius 2 is 2.17 bits per heavy atom. The molecule has 0 aromatic heterocycles. The summed E-state index contributed by atoms with van der Waals surface area (Å²) in [6.45, 7) is 2.09. The molecule has 0 aliphatic heterocycles. The van der Waals surface area contributed by atoms with E-state index in [1.807, 2.05) is 12.1 Å². The van der Waals surface area contributed by atoms with E-state index in [0.29, 0.717) is 12.0 Å². The van der Waals surface area contributed by atoms with Crippen LogP contribution in [0.25, 0.3) is 0 Å². The first-order valence-corrected chi connectivity index (χ1v) is 6.94. The number of rotatable bonds is 2. The van der Waals surface area contributed by atoms with E-state index in [2.05, 4.69) is 41.8 Å². The van der Waals surface area contributed by atoms with Crippen LogP contribution in [-0.2, 0) is 0 Å². The molecule has 1 aromatic carbocycles. The van der Waals surface area contributed by atoms with E-state index < -0.39 is 0 Å². The molecule has 3 atom stereocenters. The molecule has 0 unspecified atom stereocenters. The van der Waals surface area contributed by atoms with Crippen molar-refractivity contribution in [3.63, 3.8) is 0 Å². The molecular formula is C15H18N2S. The van der Waals surface area contributed by atoms with Gasteiger partial charge < -0.3 is 10.6 Å². The maximum absolute atomic E-state index is 5.39. The fourth-order valence-electron chi connectivity index (χ4n) is 3.01. The lowest BCUT2D eigenvalue weighted by atomic mass is 10.0. The Bertz CT molecular complexity index is 495. The molecule has 2 nitrogen and oxygen atoms in total. The number of allylic oxidation sites excluding steroid dienone is 1. The van der Waals surface area contributed by atoms with Crippen LogP contribution in [0, 0.1) is 18.8 Å². The molecule has 1 fully saturated rings. The second-order valence-corrected chi connectivity index (χ2v) is 5.76. The topological polar surface area (TPSA) is 24.1 Å². The van der Waals surface area contributed by atoms with Crippen molar-refractivity contribution in [2.45, 2.75) is 25.8 Å². The van der Waals surface area contributed by atoms with Crippen molar-refractivity contribution in [2.24, 2.45) is 11.8 Å². The minimum atomic E-state index is 0.518. The molecule has 18 heavy (non-hydrogen) atoms. The van der Waals surface area contributed by atoms with Crippen molar-refractivity contribution < 1.29 is 0 Å². The number of aryl methyl sites for hydroxylation is 1. The maximum Gasteiger partial charge on any atom is 0.171 e. The summed E-state index contributed by atoms with van der Waals surface area (Å²) in [5.41, 5.74) is 2.30. The van der Waals surface area contributed by atoms with Gasteiger partial charge in [-0.2, -0.15) is 0 Å². The van der Waals surface area contributed by atoms with E-state index in [-0.39, 0.29) is 0 Å². The monoisotopic (exact) mass is 258 g/mol. The van der Waals surface area contributed by atoms with Crippen LogP contribution >= 0.6 is 12.2 Å². The zero-order valence-corrected chi connectivity index (χ0v) is 11.3. The van der Waals surface area contributed by atoms with Gasteiger partial charge >= 0.3 is 0 Å². The third-order valence-corrected chi connectivity index (χ3v) is 4.09. The first kappa shape index (κ1) is 11.7. The molecule has 0 spiro atoms. The molecule has 3 rings (SSSR count). The van der Waals surface area contributed by atoms with Gasteiger partial charge in [0, 0.05) is 11.7 Å². The average molecular weight is 258 g/mol. The van der Waals surface area contributed by atoms with Crippen LogP contribution in [0.2, 0.25) is 0 Å². The van der Waals surface area contributed by atoms with Crippen LogP contribution in [0.1, 0.15) is 18.4 Å². The predicted octanol–water partition coefficient (Wildman–Crippen LogP) is 3.25.